The third-order valence-corrected chi connectivity index (χ3v) is 5.85. The van der Waals surface area contributed by atoms with E-state index in [9.17, 15) is 18.5 Å². The molecule has 31 heavy (non-hydrogen) atoms. The van der Waals surface area contributed by atoms with Gasteiger partial charge in [0.2, 0.25) is 0 Å². The zero-order valence-electron chi connectivity index (χ0n) is 16.4. The van der Waals surface area contributed by atoms with Gasteiger partial charge in [-0.25, -0.2) is 8.42 Å². The van der Waals surface area contributed by atoms with Crippen LogP contribution in [0.3, 0.4) is 0 Å². The Morgan fingerprint density at radius 1 is 1.10 bits per heavy atom. The van der Waals surface area contributed by atoms with Crippen molar-refractivity contribution in [2.24, 2.45) is 4.99 Å². The van der Waals surface area contributed by atoms with Gasteiger partial charge in [-0.3, -0.25) is 19.8 Å². The van der Waals surface area contributed by atoms with Crippen LogP contribution in [0.1, 0.15) is 12.5 Å². The van der Waals surface area contributed by atoms with Gasteiger partial charge in [0, 0.05) is 34.6 Å². The molecule has 3 rings (SSSR count). The van der Waals surface area contributed by atoms with Gasteiger partial charge in [-0.15, -0.1) is 0 Å². The molecule has 3 aromatic rings. The quantitative estimate of drug-likeness (QED) is 0.283. The van der Waals surface area contributed by atoms with Gasteiger partial charge < -0.3 is 4.74 Å². The van der Waals surface area contributed by atoms with Crippen molar-refractivity contribution in [3.05, 3.63) is 87.4 Å². The molecule has 0 radical (unpaired) electrons. The van der Waals surface area contributed by atoms with Crippen LogP contribution in [0.4, 0.5) is 17.1 Å². The Kier molecular flexibility index (Phi) is 6.88. The number of nitro groups is 1. The SMILES string of the molecule is CCOc1ccc(NS(=O)(=O)c2ccc(N=Cc3cc([N+](=O)[O-])ccc3Cl)cc2)cc1. The molecule has 160 valence electrons. The minimum Gasteiger partial charge on any atom is -0.494 e. The van der Waals surface area contributed by atoms with Crippen molar-refractivity contribution in [3.8, 4) is 5.75 Å². The number of hydrogen-bond donors (Lipinski definition) is 1. The summed E-state index contributed by atoms with van der Waals surface area (Å²) in [5.74, 6) is 0.650. The number of hydrogen-bond acceptors (Lipinski definition) is 6. The summed E-state index contributed by atoms with van der Waals surface area (Å²) in [6, 6.07) is 16.5. The number of nitrogens with one attached hydrogen (secondary N) is 1. The highest BCUT2D eigenvalue weighted by atomic mass is 35.5. The van der Waals surface area contributed by atoms with E-state index in [-0.39, 0.29) is 10.6 Å². The number of nitro benzene ring substituents is 1. The highest BCUT2D eigenvalue weighted by Gasteiger charge is 2.14. The summed E-state index contributed by atoms with van der Waals surface area (Å²) in [5, 5.41) is 11.2. The van der Waals surface area contributed by atoms with E-state index < -0.39 is 14.9 Å². The molecule has 3 aromatic carbocycles. The van der Waals surface area contributed by atoms with Crippen molar-refractivity contribution < 1.29 is 18.1 Å². The largest absolute Gasteiger partial charge is 0.494 e. The van der Waals surface area contributed by atoms with Crippen LogP contribution in [0.5, 0.6) is 5.75 Å². The topological polar surface area (TPSA) is 111 Å². The second-order valence-electron chi connectivity index (χ2n) is 6.28. The average molecular weight is 460 g/mol. The van der Waals surface area contributed by atoms with Crippen LogP contribution >= 0.6 is 11.6 Å². The fraction of sp³-hybridized carbons (Fsp3) is 0.0952. The molecule has 1 N–H and O–H groups in total. The lowest BCUT2D eigenvalue weighted by Gasteiger charge is -2.09. The summed E-state index contributed by atoms with van der Waals surface area (Å²) in [6.07, 6.45) is 1.39. The Hall–Kier alpha value is -3.43. The fourth-order valence-electron chi connectivity index (χ4n) is 2.60. The predicted octanol–water partition coefficient (Wildman–Crippen LogP) is 5.20. The molecule has 0 bridgehead atoms. The normalized spacial score (nSPS) is 11.4. The standard InChI is InChI=1S/C21H18ClN3O5S/c1-2-30-19-8-3-17(4-9-19)24-31(28,29)20-10-5-16(6-11-20)23-14-15-13-18(25(26)27)7-12-21(15)22/h3-14,24H,2H2,1H3. The summed E-state index contributed by atoms with van der Waals surface area (Å²) in [4.78, 5) is 14.6. The number of halogens is 1. The molecule has 0 aliphatic rings. The van der Waals surface area contributed by atoms with Crippen LogP contribution < -0.4 is 9.46 Å². The maximum Gasteiger partial charge on any atom is 0.270 e. The number of rotatable bonds is 8. The van der Waals surface area contributed by atoms with Crippen LogP contribution in [0, 0.1) is 10.1 Å². The Bertz CT molecular complexity index is 1210. The summed E-state index contributed by atoms with van der Waals surface area (Å²) in [6.45, 7) is 2.38. The van der Waals surface area contributed by atoms with E-state index in [2.05, 4.69) is 9.71 Å². The molecule has 8 nitrogen and oxygen atoms in total. The molecular weight excluding hydrogens is 442 g/mol. The molecule has 0 atom stereocenters. The van der Waals surface area contributed by atoms with Crippen LogP contribution in [0.2, 0.25) is 5.02 Å². The Morgan fingerprint density at radius 2 is 1.77 bits per heavy atom. The molecular formula is C21H18ClN3O5S. The maximum absolute atomic E-state index is 12.6. The molecule has 0 spiro atoms. The van der Waals surface area contributed by atoms with E-state index in [1.165, 1.54) is 48.7 Å². The second-order valence-corrected chi connectivity index (χ2v) is 8.37. The van der Waals surface area contributed by atoms with E-state index in [4.69, 9.17) is 16.3 Å². The molecule has 0 unspecified atom stereocenters. The highest BCUT2D eigenvalue weighted by Crippen LogP contribution is 2.23. The first-order valence-electron chi connectivity index (χ1n) is 9.12. The zero-order chi connectivity index (χ0) is 22.4. The zero-order valence-corrected chi connectivity index (χ0v) is 17.9. The fourth-order valence-corrected chi connectivity index (χ4v) is 3.82. The Balaban J connectivity index is 1.74. The number of nitrogens with zero attached hydrogens (tertiary/aromatic N) is 2. The molecule has 0 heterocycles. The summed E-state index contributed by atoms with van der Waals surface area (Å²) in [5.41, 5.74) is 1.14. The average Bonchev–Trinajstić information content (AvgIpc) is 2.74. The van der Waals surface area contributed by atoms with E-state index in [0.717, 1.165) is 0 Å². The van der Waals surface area contributed by atoms with E-state index in [1.807, 2.05) is 6.92 Å². The summed E-state index contributed by atoms with van der Waals surface area (Å²) < 4.78 is 33.0. The lowest BCUT2D eigenvalue weighted by molar-refractivity contribution is -0.384. The van der Waals surface area contributed by atoms with E-state index >= 15 is 0 Å². The second kappa shape index (κ2) is 9.59. The van der Waals surface area contributed by atoms with Gasteiger partial charge >= 0.3 is 0 Å². The molecule has 0 aliphatic heterocycles. The summed E-state index contributed by atoms with van der Waals surface area (Å²) >= 11 is 6.05. The minimum atomic E-state index is -3.78. The lowest BCUT2D eigenvalue weighted by atomic mass is 10.2. The van der Waals surface area contributed by atoms with Gasteiger partial charge in [0.25, 0.3) is 15.7 Å². The third kappa shape index (κ3) is 5.80. The highest BCUT2D eigenvalue weighted by molar-refractivity contribution is 7.92. The van der Waals surface area contributed by atoms with Crippen LogP contribution in [0.15, 0.2) is 76.6 Å². The number of benzene rings is 3. The van der Waals surface area contributed by atoms with Gasteiger partial charge in [0.05, 0.1) is 22.1 Å². The smallest absolute Gasteiger partial charge is 0.270 e. The molecule has 0 aromatic heterocycles. The first-order chi connectivity index (χ1) is 14.8. The first-order valence-corrected chi connectivity index (χ1v) is 11.0. The van der Waals surface area contributed by atoms with Crippen molar-refractivity contribution in [1.29, 1.82) is 0 Å². The van der Waals surface area contributed by atoms with Gasteiger partial charge in [-0.05, 0) is 61.5 Å². The first kappa shape index (κ1) is 22.3. The number of ether oxygens (including phenoxy) is 1. The molecule has 0 amide bonds. The molecule has 0 fully saturated rings. The third-order valence-electron chi connectivity index (χ3n) is 4.11. The number of sulfonamides is 1. The number of aliphatic imine (C=N–C) groups is 1. The van der Waals surface area contributed by atoms with Crippen LogP contribution in [-0.4, -0.2) is 26.2 Å². The molecule has 10 heteroatoms. The van der Waals surface area contributed by atoms with E-state index in [1.54, 1.807) is 24.3 Å². The van der Waals surface area contributed by atoms with Crippen molar-refractivity contribution in [2.75, 3.05) is 11.3 Å². The molecule has 0 aliphatic carbocycles. The van der Waals surface area contributed by atoms with Gasteiger partial charge in [0.15, 0.2) is 0 Å². The monoisotopic (exact) mass is 459 g/mol. The lowest BCUT2D eigenvalue weighted by Crippen LogP contribution is -2.12. The number of anilines is 1. The maximum atomic E-state index is 12.6. The predicted molar refractivity (Wildman–Crippen MR) is 120 cm³/mol. The van der Waals surface area contributed by atoms with Crippen LogP contribution in [0.25, 0.3) is 0 Å². The minimum absolute atomic E-state index is 0.0636. The Morgan fingerprint density at radius 3 is 2.39 bits per heavy atom. The number of non-ortho nitro benzene ring substituents is 1. The van der Waals surface area contributed by atoms with E-state index in [0.29, 0.717) is 34.3 Å². The summed E-state index contributed by atoms with van der Waals surface area (Å²) in [7, 11) is -3.78. The van der Waals surface area contributed by atoms with Crippen molar-refractivity contribution >= 4 is 44.9 Å². The molecule has 0 saturated heterocycles. The van der Waals surface area contributed by atoms with Gasteiger partial charge in [0.1, 0.15) is 5.75 Å². The van der Waals surface area contributed by atoms with Crippen molar-refractivity contribution in [1.82, 2.24) is 0 Å². The molecule has 0 saturated carbocycles. The van der Waals surface area contributed by atoms with Crippen molar-refractivity contribution in [3.63, 3.8) is 0 Å². The van der Waals surface area contributed by atoms with Gasteiger partial charge in [-0.1, -0.05) is 11.6 Å². The van der Waals surface area contributed by atoms with Crippen molar-refractivity contribution in [2.45, 2.75) is 11.8 Å². The Labute approximate surface area is 184 Å². The van der Waals surface area contributed by atoms with Gasteiger partial charge in [-0.2, -0.15) is 0 Å². The van der Waals surface area contributed by atoms with Crippen LogP contribution in [-0.2, 0) is 10.0 Å².